The minimum atomic E-state index is 0. The maximum atomic E-state index is 3.25. The fraction of sp³-hybridized carbons (Fsp3) is 0. The monoisotopic (exact) mass is 323 g/mol. The summed E-state index contributed by atoms with van der Waals surface area (Å²) in [6.07, 6.45) is 6.00. The summed E-state index contributed by atoms with van der Waals surface area (Å²) in [5.41, 5.74) is 0. The van der Waals surface area contributed by atoms with Crippen molar-refractivity contribution >= 4 is 0 Å². The Kier molecular flexibility index (Phi) is 280. The molecule has 0 bridgehead atoms. The third-order valence-corrected chi connectivity index (χ3v) is 0. The molecular weight excluding hydrogens is 301 g/mol. The van der Waals surface area contributed by atoms with Crippen LogP contribution in [0.2, 0.25) is 0 Å². The van der Waals surface area contributed by atoms with Crippen LogP contribution in [0.5, 0.6) is 0 Å². The molecule has 0 aromatic rings. The van der Waals surface area contributed by atoms with Crippen LogP contribution in [-0.2, 0) is 0 Å². The molecule has 0 aromatic heterocycles. The molecule has 1 radical (unpaired) electrons. The van der Waals surface area contributed by atoms with Crippen LogP contribution in [0.15, 0.2) is 50.6 Å². The molecule has 0 aliphatic rings. The third-order valence-electron chi connectivity index (χ3n) is 0. The van der Waals surface area contributed by atoms with E-state index in [9.17, 15) is 0 Å². The molecular formula is C12H20LiSm. The van der Waals surface area contributed by atoms with Gasteiger partial charge < -0.3 is 0 Å². The molecule has 0 fully saturated rings. The van der Waals surface area contributed by atoms with Gasteiger partial charge in [-0.25, -0.2) is 78.3 Å². The van der Waals surface area contributed by atoms with Crippen molar-refractivity contribution in [3.63, 3.8) is 0 Å². The molecule has 14 heavy (non-hydrogen) atoms. The summed E-state index contributed by atoms with van der Waals surface area (Å²) in [7, 11) is 0. The van der Waals surface area contributed by atoms with Gasteiger partial charge in [-0.05, 0) is 0 Å². The van der Waals surface area contributed by atoms with Crippen molar-refractivity contribution in [3.8, 4) is 0 Å². The van der Waals surface area contributed by atoms with Gasteiger partial charge in [0.1, 0.15) is 0 Å². The summed E-state index contributed by atoms with van der Waals surface area (Å²) < 4.78 is 0. The van der Waals surface area contributed by atoms with Crippen LogP contribution < -0.4 is 18.9 Å². The van der Waals surface area contributed by atoms with Crippen molar-refractivity contribution < 1.29 is 59.2 Å². The van der Waals surface area contributed by atoms with Crippen LogP contribution in [0, 0.1) is 68.1 Å². The Labute approximate surface area is 136 Å². The summed E-state index contributed by atoms with van der Waals surface area (Å²) in [5, 5.41) is 0. The standard InChI is InChI=1S/4C3H5.Li.Sm/c4*1-3-2;;/h4*3H,1-2H2;;/q4*-1;+1;+3. The van der Waals surface area contributed by atoms with Crippen LogP contribution in [0.3, 0.4) is 0 Å². The topological polar surface area (TPSA) is 0 Å². The average Bonchev–Trinajstić information content (AvgIpc) is 1.92. The van der Waals surface area contributed by atoms with Gasteiger partial charge in [-0.3, -0.25) is 0 Å². The minimum absolute atomic E-state index is 0. The van der Waals surface area contributed by atoms with Gasteiger partial charge in [-0.2, -0.15) is 0 Å². The first-order chi connectivity index (χ1) is 5.66. The first kappa shape index (κ1) is 36.7. The van der Waals surface area contributed by atoms with E-state index in [0.29, 0.717) is 0 Å². The molecule has 0 heterocycles. The van der Waals surface area contributed by atoms with Crippen molar-refractivity contribution in [1.82, 2.24) is 0 Å². The van der Waals surface area contributed by atoms with Crippen LogP contribution in [0.25, 0.3) is 0 Å². The van der Waals surface area contributed by atoms with E-state index in [1.807, 2.05) is 0 Å². The van der Waals surface area contributed by atoms with E-state index in [1.165, 1.54) is 24.3 Å². The third kappa shape index (κ3) is 11400. The molecule has 0 saturated heterocycles. The van der Waals surface area contributed by atoms with E-state index < -0.39 is 0 Å². The maximum Gasteiger partial charge on any atom is 3.00 e. The summed E-state index contributed by atoms with van der Waals surface area (Å²) >= 11 is 0. The zero-order chi connectivity index (χ0) is 10.8. The average molecular weight is 322 g/mol. The molecule has 0 amide bonds. The smallest absolute Gasteiger partial charge is 0.245 e. The molecule has 0 aliphatic heterocycles. The summed E-state index contributed by atoms with van der Waals surface area (Å²) in [5.74, 6) is 0. The van der Waals surface area contributed by atoms with E-state index in [2.05, 4.69) is 54.0 Å². The molecule has 0 nitrogen and oxygen atoms in total. The second kappa shape index (κ2) is 107. The Morgan fingerprint density at radius 3 is 0.571 bits per heavy atom. The van der Waals surface area contributed by atoms with E-state index in [1.54, 1.807) is 0 Å². The number of allylic oxidation sites excluding steroid dienone is 4. The molecule has 0 saturated carbocycles. The molecule has 0 spiro atoms. The molecule has 75 valence electrons. The minimum Gasteiger partial charge on any atom is -0.245 e. The zero-order valence-corrected chi connectivity index (χ0v) is 12.0. The Morgan fingerprint density at radius 2 is 0.571 bits per heavy atom. The van der Waals surface area contributed by atoms with Crippen LogP contribution in [0.1, 0.15) is 0 Å². The number of hydrogen-bond acceptors (Lipinski definition) is 0. The van der Waals surface area contributed by atoms with Gasteiger partial charge in [0, 0.05) is 0 Å². The Hall–Kier alpha value is 0.375. The van der Waals surface area contributed by atoms with E-state index in [-0.39, 0.29) is 59.2 Å². The maximum absolute atomic E-state index is 3.25. The van der Waals surface area contributed by atoms with Gasteiger partial charge in [0.2, 0.25) is 0 Å². The fourth-order valence-corrected chi connectivity index (χ4v) is 0. The molecule has 0 unspecified atom stereocenters. The quantitative estimate of drug-likeness (QED) is 0.462. The first-order valence-corrected chi connectivity index (χ1v) is 3.27. The van der Waals surface area contributed by atoms with Crippen molar-refractivity contribution in [3.05, 3.63) is 78.3 Å². The van der Waals surface area contributed by atoms with E-state index in [0.717, 1.165) is 0 Å². The normalized spacial score (nSPS) is 3.43. The van der Waals surface area contributed by atoms with Gasteiger partial charge in [0.25, 0.3) is 0 Å². The van der Waals surface area contributed by atoms with Gasteiger partial charge in [0.15, 0.2) is 0 Å². The zero-order valence-electron chi connectivity index (χ0n) is 9.37. The summed E-state index contributed by atoms with van der Waals surface area (Å²) in [6, 6.07) is 0. The van der Waals surface area contributed by atoms with Crippen LogP contribution in [0.4, 0.5) is 0 Å². The molecule has 0 aromatic carbocycles. The predicted molar refractivity (Wildman–Crippen MR) is 62.2 cm³/mol. The van der Waals surface area contributed by atoms with Crippen LogP contribution >= 0.6 is 0 Å². The van der Waals surface area contributed by atoms with Crippen molar-refractivity contribution in [1.29, 1.82) is 0 Å². The second-order valence-corrected chi connectivity index (χ2v) is 1.15. The van der Waals surface area contributed by atoms with E-state index in [4.69, 9.17) is 0 Å². The fourth-order valence-electron chi connectivity index (χ4n) is 0. The Bertz CT molecular complexity index is 64.3. The van der Waals surface area contributed by atoms with Crippen molar-refractivity contribution in [2.45, 2.75) is 0 Å². The first-order valence-electron chi connectivity index (χ1n) is 3.27. The SMILES string of the molecule is C=C[CH2-].C=C[CH2-].C=C[CH2-].C=C[CH2-].[Li+].[Sm+3]. The molecule has 0 atom stereocenters. The molecule has 0 rings (SSSR count). The molecule has 0 aliphatic carbocycles. The summed E-state index contributed by atoms with van der Waals surface area (Å²) in [6.45, 7) is 26.0. The summed E-state index contributed by atoms with van der Waals surface area (Å²) in [4.78, 5) is 0. The van der Waals surface area contributed by atoms with Gasteiger partial charge in [0.05, 0.1) is 0 Å². The van der Waals surface area contributed by atoms with Crippen LogP contribution in [-0.4, -0.2) is 0 Å². The Morgan fingerprint density at radius 1 is 0.571 bits per heavy atom. The van der Waals surface area contributed by atoms with E-state index >= 15 is 0 Å². The van der Waals surface area contributed by atoms with Crippen molar-refractivity contribution in [2.75, 3.05) is 0 Å². The number of hydrogen-bond donors (Lipinski definition) is 0. The van der Waals surface area contributed by atoms with Gasteiger partial charge >= 0.3 is 59.2 Å². The Balaban J connectivity index is -0.0000000145. The second-order valence-electron chi connectivity index (χ2n) is 1.15. The molecule has 2 heteroatoms. The number of rotatable bonds is 0. The molecule has 0 N–H and O–H groups in total. The van der Waals surface area contributed by atoms with Gasteiger partial charge in [-0.15, -0.1) is 0 Å². The largest absolute Gasteiger partial charge is 3.00 e. The predicted octanol–water partition coefficient (Wildman–Crippen LogP) is 1.03. The van der Waals surface area contributed by atoms with Crippen molar-refractivity contribution in [2.24, 2.45) is 0 Å². The van der Waals surface area contributed by atoms with Gasteiger partial charge in [-0.1, -0.05) is 0 Å².